The zero-order valence-electron chi connectivity index (χ0n) is 14.4. The van der Waals surface area contributed by atoms with Crippen molar-refractivity contribution in [1.29, 1.82) is 0 Å². The molecule has 3 aromatic rings. The van der Waals surface area contributed by atoms with Crippen LogP contribution in [0.15, 0.2) is 60.8 Å². The average molecular weight is 381 g/mol. The molecule has 0 unspecified atom stereocenters. The van der Waals surface area contributed by atoms with Gasteiger partial charge in [0.05, 0.1) is 24.5 Å². The number of hydrogen-bond acceptors (Lipinski definition) is 6. The van der Waals surface area contributed by atoms with E-state index in [1.54, 1.807) is 30.5 Å². The Kier molecular flexibility index (Phi) is 6.01. The van der Waals surface area contributed by atoms with Crippen molar-refractivity contribution in [3.63, 3.8) is 0 Å². The summed E-state index contributed by atoms with van der Waals surface area (Å²) in [5.74, 6) is -0.745. The predicted molar refractivity (Wildman–Crippen MR) is 108 cm³/mol. The first-order valence-corrected chi connectivity index (χ1v) is 9.09. The minimum atomic E-state index is -0.387. The number of aromatic nitrogens is 1. The van der Waals surface area contributed by atoms with Crippen LogP contribution in [-0.2, 0) is 11.3 Å². The van der Waals surface area contributed by atoms with Crippen LogP contribution in [0.25, 0.3) is 0 Å². The quantitative estimate of drug-likeness (QED) is 0.471. The van der Waals surface area contributed by atoms with Crippen LogP contribution in [0.2, 0.25) is 0 Å². The maximum atomic E-state index is 12.2. The lowest BCUT2D eigenvalue weighted by molar-refractivity contribution is -0.115. The third kappa shape index (κ3) is 5.29. The number of amides is 2. The summed E-state index contributed by atoms with van der Waals surface area (Å²) in [7, 11) is 0. The number of nitrogens with one attached hydrogen (secondary N) is 3. The topological polar surface area (TPSA) is 109 Å². The third-order valence-corrected chi connectivity index (χ3v) is 4.63. The van der Waals surface area contributed by atoms with Crippen LogP contribution in [0.3, 0.4) is 0 Å². The largest absolute Gasteiger partial charge is 0.397 e. The van der Waals surface area contributed by atoms with Gasteiger partial charge in [-0.2, -0.15) is 0 Å². The third-order valence-electron chi connectivity index (χ3n) is 3.63. The molecule has 0 saturated carbocycles. The van der Waals surface area contributed by atoms with E-state index in [2.05, 4.69) is 20.9 Å². The Bertz CT molecular complexity index is 927. The van der Waals surface area contributed by atoms with Crippen molar-refractivity contribution in [2.45, 2.75) is 6.54 Å². The van der Waals surface area contributed by atoms with Crippen molar-refractivity contribution in [2.24, 2.45) is 0 Å². The standard InChI is InChI=1S/C19H19N5O2S/c20-15-8-4-5-9-16(15)24-17(25)12-22-18(26)19-23-11-14(27-19)10-21-13-6-2-1-3-7-13/h1-9,11,21H,10,12,20H2,(H,22,26)(H,24,25). The van der Waals surface area contributed by atoms with Gasteiger partial charge in [-0.25, -0.2) is 4.98 Å². The highest BCUT2D eigenvalue weighted by Crippen LogP contribution is 2.17. The zero-order chi connectivity index (χ0) is 19.1. The molecule has 2 amide bonds. The smallest absolute Gasteiger partial charge is 0.280 e. The lowest BCUT2D eigenvalue weighted by Crippen LogP contribution is -2.32. The molecule has 0 aliphatic rings. The number of carbonyl (C=O) groups excluding carboxylic acids is 2. The summed E-state index contributed by atoms with van der Waals surface area (Å²) in [6.45, 7) is 0.410. The Hall–Kier alpha value is -3.39. The lowest BCUT2D eigenvalue weighted by atomic mass is 10.2. The molecule has 27 heavy (non-hydrogen) atoms. The van der Waals surface area contributed by atoms with Crippen LogP contribution >= 0.6 is 11.3 Å². The van der Waals surface area contributed by atoms with Gasteiger partial charge in [0.15, 0.2) is 5.01 Å². The van der Waals surface area contributed by atoms with Crippen LogP contribution in [0, 0.1) is 0 Å². The fraction of sp³-hybridized carbons (Fsp3) is 0.105. The van der Waals surface area contributed by atoms with Crippen LogP contribution in [0.1, 0.15) is 14.7 Å². The first-order chi connectivity index (χ1) is 13.1. The molecule has 1 heterocycles. The highest BCUT2D eigenvalue weighted by Gasteiger charge is 2.13. The Labute approximate surface area is 160 Å². The summed E-state index contributed by atoms with van der Waals surface area (Å²) in [4.78, 5) is 29.2. The van der Waals surface area contributed by atoms with Crippen LogP contribution < -0.4 is 21.7 Å². The van der Waals surface area contributed by atoms with E-state index in [1.165, 1.54) is 11.3 Å². The summed E-state index contributed by atoms with van der Waals surface area (Å²) in [5.41, 5.74) is 7.75. The predicted octanol–water partition coefficient (Wildman–Crippen LogP) is 2.71. The van der Waals surface area contributed by atoms with Crippen LogP contribution in [0.4, 0.5) is 17.1 Å². The van der Waals surface area contributed by atoms with Gasteiger partial charge in [-0.05, 0) is 24.3 Å². The molecule has 3 rings (SSSR count). The molecule has 5 N–H and O–H groups in total. The van der Waals surface area contributed by atoms with Crippen molar-refractivity contribution in [1.82, 2.24) is 10.3 Å². The van der Waals surface area contributed by atoms with E-state index >= 15 is 0 Å². The molecule has 1 aromatic heterocycles. The van der Waals surface area contributed by atoms with Gasteiger partial charge in [0.1, 0.15) is 0 Å². The molecule has 0 aliphatic carbocycles. The number of benzene rings is 2. The molecular formula is C19H19N5O2S. The summed E-state index contributed by atoms with van der Waals surface area (Å²) in [5, 5.41) is 8.79. The number of nitrogens with two attached hydrogens (primary N) is 1. The van der Waals surface area contributed by atoms with E-state index in [9.17, 15) is 9.59 Å². The van der Waals surface area contributed by atoms with E-state index in [0.717, 1.165) is 10.6 Å². The minimum absolute atomic E-state index is 0.162. The molecular weight excluding hydrogens is 362 g/mol. The number of para-hydroxylation sites is 3. The molecule has 0 spiro atoms. The number of carbonyl (C=O) groups is 2. The molecule has 0 saturated heterocycles. The number of thiazole rings is 1. The van der Waals surface area contributed by atoms with Gasteiger partial charge in [0.2, 0.25) is 5.91 Å². The van der Waals surface area contributed by atoms with Crippen LogP contribution in [0.5, 0.6) is 0 Å². The van der Waals surface area contributed by atoms with Crippen molar-refractivity contribution in [3.05, 3.63) is 70.7 Å². The molecule has 8 heteroatoms. The maximum absolute atomic E-state index is 12.2. The van der Waals surface area contributed by atoms with Gasteiger partial charge < -0.3 is 21.7 Å². The van der Waals surface area contributed by atoms with Gasteiger partial charge in [-0.15, -0.1) is 11.3 Å². The molecule has 0 atom stereocenters. The van der Waals surface area contributed by atoms with Crippen molar-refractivity contribution in [3.8, 4) is 0 Å². The summed E-state index contributed by atoms with van der Waals surface area (Å²) in [6, 6.07) is 16.7. The molecule has 0 aliphatic heterocycles. The van der Waals surface area contributed by atoms with Crippen LogP contribution in [-0.4, -0.2) is 23.3 Å². The van der Waals surface area contributed by atoms with Gasteiger partial charge in [0.25, 0.3) is 5.91 Å². The maximum Gasteiger partial charge on any atom is 0.280 e. The number of nitrogens with zero attached hydrogens (tertiary/aromatic N) is 1. The number of rotatable bonds is 7. The fourth-order valence-corrected chi connectivity index (χ4v) is 3.05. The van der Waals surface area contributed by atoms with E-state index in [1.807, 2.05) is 30.3 Å². The Balaban J connectivity index is 1.47. The second-order valence-corrected chi connectivity index (χ2v) is 6.78. The van der Waals surface area contributed by atoms with E-state index in [-0.39, 0.29) is 18.4 Å². The van der Waals surface area contributed by atoms with Crippen molar-refractivity contribution >= 4 is 40.2 Å². The van der Waals surface area contributed by atoms with Crippen molar-refractivity contribution < 1.29 is 9.59 Å². The van der Waals surface area contributed by atoms with Gasteiger partial charge >= 0.3 is 0 Å². The molecule has 7 nitrogen and oxygen atoms in total. The number of nitrogen functional groups attached to an aromatic ring is 1. The van der Waals surface area contributed by atoms with E-state index in [0.29, 0.717) is 22.9 Å². The Morgan fingerprint density at radius 3 is 2.56 bits per heavy atom. The Morgan fingerprint density at radius 2 is 1.78 bits per heavy atom. The molecule has 0 bridgehead atoms. The number of anilines is 3. The highest BCUT2D eigenvalue weighted by molar-refractivity contribution is 7.13. The molecule has 0 radical (unpaired) electrons. The van der Waals surface area contributed by atoms with E-state index in [4.69, 9.17) is 5.73 Å². The SMILES string of the molecule is Nc1ccccc1NC(=O)CNC(=O)c1ncc(CNc2ccccc2)s1. The molecule has 2 aromatic carbocycles. The lowest BCUT2D eigenvalue weighted by Gasteiger charge is -2.08. The summed E-state index contributed by atoms with van der Waals surface area (Å²) < 4.78 is 0. The van der Waals surface area contributed by atoms with Gasteiger partial charge in [-0.1, -0.05) is 30.3 Å². The second kappa shape index (κ2) is 8.81. The Morgan fingerprint density at radius 1 is 1.04 bits per heavy atom. The van der Waals surface area contributed by atoms with Gasteiger partial charge in [-0.3, -0.25) is 9.59 Å². The highest BCUT2D eigenvalue weighted by atomic mass is 32.1. The van der Waals surface area contributed by atoms with E-state index < -0.39 is 0 Å². The number of hydrogen-bond donors (Lipinski definition) is 4. The monoisotopic (exact) mass is 381 g/mol. The second-order valence-electron chi connectivity index (χ2n) is 5.67. The molecule has 138 valence electrons. The minimum Gasteiger partial charge on any atom is -0.397 e. The first kappa shape index (κ1) is 18.4. The van der Waals surface area contributed by atoms with Crippen molar-refractivity contribution in [2.75, 3.05) is 22.9 Å². The normalized spacial score (nSPS) is 10.2. The average Bonchev–Trinajstić information content (AvgIpc) is 3.16. The first-order valence-electron chi connectivity index (χ1n) is 8.28. The fourth-order valence-electron chi connectivity index (χ4n) is 2.28. The molecule has 0 fully saturated rings. The summed E-state index contributed by atoms with van der Waals surface area (Å²) >= 11 is 1.28. The zero-order valence-corrected chi connectivity index (χ0v) is 15.3. The van der Waals surface area contributed by atoms with Gasteiger partial charge in [0, 0.05) is 16.8 Å². The summed E-state index contributed by atoms with van der Waals surface area (Å²) in [6.07, 6.45) is 1.65.